The number of hydrogen-bond acceptors (Lipinski definition) is 2. The van der Waals surface area contributed by atoms with E-state index in [1.807, 2.05) is 0 Å². The highest BCUT2D eigenvalue weighted by molar-refractivity contribution is 14.1. The van der Waals surface area contributed by atoms with Gasteiger partial charge in [0.1, 0.15) is 0 Å². The van der Waals surface area contributed by atoms with Crippen LogP contribution in [0.25, 0.3) is 0 Å². The highest BCUT2D eigenvalue weighted by Gasteiger charge is 2.64. The third kappa shape index (κ3) is 1.88. The maximum atomic E-state index is 10.6. The molecule has 0 aromatic heterocycles. The SMILES string of the molecule is CC1(C)C[C@H]2C(O[C@H]3CC(C)(C)C(C)(C)[C@H]3[C@@H]2I)[C@@H]1O. The van der Waals surface area contributed by atoms with Crippen LogP contribution in [-0.2, 0) is 4.74 Å². The molecule has 3 aliphatic rings. The Bertz CT molecular complexity index is 415. The van der Waals surface area contributed by atoms with Crippen LogP contribution in [-0.4, -0.2) is 27.3 Å². The number of rotatable bonds is 0. The molecule has 3 fully saturated rings. The van der Waals surface area contributed by atoms with Gasteiger partial charge in [0.05, 0.1) is 18.3 Å². The number of halogens is 1. The van der Waals surface area contributed by atoms with E-state index in [1.54, 1.807) is 0 Å². The molecule has 0 aromatic rings. The standard InChI is InChI=1S/C17H29IO2/c1-15(2)7-9-12(18)11-10(20-13(9)14(15)19)8-16(3,4)17(11,5)6/h9-14,19H,7-8H2,1-6H3/t9-,10+,11-,12-,13?,14+/m1/s1. The third-order valence-electron chi connectivity index (χ3n) is 7.07. The summed E-state index contributed by atoms with van der Waals surface area (Å²) < 4.78 is 7.08. The van der Waals surface area contributed by atoms with Crippen molar-refractivity contribution in [1.29, 1.82) is 0 Å². The minimum Gasteiger partial charge on any atom is -0.390 e. The molecular weight excluding hydrogens is 363 g/mol. The zero-order chi connectivity index (χ0) is 15.1. The van der Waals surface area contributed by atoms with E-state index in [2.05, 4.69) is 64.1 Å². The van der Waals surface area contributed by atoms with Gasteiger partial charge in [0, 0.05) is 15.8 Å². The smallest absolute Gasteiger partial charge is 0.0881 e. The van der Waals surface area contributed by atoms with Crippen LogP contribution >= 0.6 is 22.6 Å². The van der Waals surface area contributed by atoms with E-state index in [-0.39, 0.29) is 17.6 Å². The Morgan fingerprint density at radius 2 is 1.65 bits per heavy atom. The van der Waals surface area contributed by atoms with Crippen molar-refractivity contribution in [2.24, 2.45) is 28.1 Å². The number of aliphatic hydroxyl groups excluding tert-OH is 1. The molecule has 1 aliphatic heterocycles. The zero-order valence-electron chi connectivity index (χ0n) is 13.6. The second-order valence-electron chi connectivity index (χ2n) is 9.22. The van der Waals surface area contributed by atoms with E-state index in [9.17, 15) is 5.11 Å². The van der Waals surface area contributed by atoms with Crippen LogP contribution in [0.15, 0.2) is 0 Å². The van der Waals surface area contributed by atoms with Crippen LogP contribution in [0, 0.1) is 28.1 Å². The van der Waals surface area contributed by atoms with Gasteiger partial charge in [-0.15, -0.1) is 0 Å². The lowest BCUT2D eigenvalue weighted by Gasteiger charge is -2.47. The van der Waals surface area contributed by atoms with Gasteiger partial charge in [0.15, 0.2) is 0 Å². The molecule has 0 aromatic carbocycles. The zero-order valence-corrected chi connectivity index (χ0v) is 15.8. The highest BCUT2D eigenvalue weighted by atomic mass is 127. The number of alkyl halides is 1. The highest BCUT2D eigenvalue weighted by Crippen LogP contribution is 2.64. The van der Waals surface area contributed by atoms with Crippen molar-refractivity contribution < 1.29 is 9.84 Å². The summed E-state index contributed by atoms with van der Waals surface area (Å²) in [6.45, 7) is 14.0. The predicted molar refractivity (Wildman–Crippen MR) is 90.0 cm³/mol. The van der Waals surface area contributed by atoms with E-state index in [4.69, 9.17) is 4.74 Å². The van der Waals surface area contributed by atoms with Crippen LogP contribution in [0.4, 0.5) is 0 Å². The molecule has 3 rings (SSSR count). The van der Waals surface area contributed by atoms with Crippen molar-refractivity contribution in [2.75, 3.05) is 0 Å². The van der Waals surface area contributed by atoms with Crippen molar-refractivity contribution >= 4 is 22.6 Å². The van der Waals surface area contributed by atoms with E-state index < -0.39 is 0 Å². The molecule has 2 nitrogen and oxygen atoms in total. The Morgan fingerprint density at radius 1 is 1.05 bits per heavy atom. The number of ether oxygens (including phenoxy) is 1. The van der Waals surface area contributed by atoms with Gasteiger partial charge in [-0.25, -0.2) is 0 Å². The first-order chi connectivity index (χ1) is 8.99. The minimum absolute atomic E-state index is 0.00292. The van der Waals surface area contributed by atoms with Crippen molar-refractivity contribution in [3.8, 4) is 0 Å². The molecule has 3 heteroatoms. The molecule has 0 radical (unpaired) electrons. The predicted octanol–water partition coefficient (Wildman–Crippen LogP) is 4.04. The van der Waals surface area contributed by atoms with E-state index in [0.717, 1.165) is 12.8 Å². The normalized spacial score (nSPS) is 51.6. The second-order valence-corrected chi connectivity index (χ2v) is 10.7. The van der Waals surface area contributed by atoms with Gasteiger partial charge >= 0.3 is 0 Å². The molecule has 0 bridgehead atoms. The lowest BCUT2D eigenvalue weighted by atomic mass is 9.64. The molecule has 116 valence electrons. The molecule has 6 atom stereocenters. The van der Waals surface area contributed by atoms with Crippen LogP contribution < -0.4 is 0 Å². The van der Waals surface area contributed by atoms with Crippen molar-refractivity contribution in [3.05, 3.63) is 0 Å². The minimum atomic E-state index is -0.308. The molecular formula is C17H29IO2. The summed E-state index contributed by atoms with van der Waals surface area (Å²) in [5.41, 5.74) is 0.605. The fraction of sp³-hybridized carbons (Fsp3) is 1.00. The largest absolute Gasteiger partial charge is 0.390 e. The van der Waals surface area contributed by atoms with Crippen molar-refractivity contribution in [1.82, 2.24) is 0 Å². The van der Waals surface area contributed by atoms with Gasteiger partial charge in [0.25, 0.3) is 0 Å². The molecule has 1 unspecified atom stereocenters. The average Bonchev–Trinajstić information content (AvgIpc) is 2.61. The fourth-order valence-corrected chi connectivity index (χ4v) is 7.03. The maximum Gasteiger partial charge on any atom is 0.0881 e. The van der Waals surface area contributed by atoms with E-state index >= 15 is 0 Å². The lowest BCUT2D eigenvalue weighted by Crippen LogP contribution is -2.51. The fourth-order valence-electron chi connectivity index (χ4n) is 5.01. The van der Waals surface area contributed by atoms with Gasteiger partial charge < -0.3 is 9.84 Å². The first-order valence-corrected chi connectivity index (χ1v) is 9.21. The summed E-state index contributed by atoms with van der Waals surface area (Å²) >= 11 is 2.67. The Morgan fingerprint density at radius 3 is 2.25 bits per heavy atom. The summed E-state index contributed by atoms with van der Waals surface area (Å²) in [7, 11) is 0. The molecule has 1 N–H and O–H groups in total. The summed E-state index contributed by atoms with van der Waals surface area (Å²) in [4.78, 5) is 0. The van der Waals surface area contributed by atoms with Crippen LogP contribution in [0.2, 0.25) is 0 Å². The third-order valence-corrected chi connectivity index (χ3v) is 8.77. The van der Waals surface area contributed by atoms with E-state index in [1.165, 1.54) is 0 Å². The number of fused-ring (bicyclic) bond motifs is 2. The molecule has 0 spiro atoms. The lowest BCUT2D eigenvalue weighted by molar-refractivity contribution is -0.139. The Balaban J connectivity index is 1.94. The van der Waals surface area contributed by atoms with Gasteiger partial charge in [-0.05, 0) is 29.1 Å². The molecule has 20 heavy (non-hydrogen) atoms. The quantitative estimate of drug-likeness (QED) is 0.498. The van der Waals surface area contributed by atoms with Gasteiger partial charge in [-0.1, -0.05) is 64.1 Å². The van der Waals surface area contributed by atoms with Crippen LogP contribution in [0.1, 0.15) is 54.4 Å². The monoisotopic (exact) mass is 392 g/mol. The first kappa shape index (κ1) is 15.5. The summed E-state index contributed by atoms with van der Waals surface area (Å²) in [6.07, 6.45) is 2.29. The van der Waals surface area contributed by atoms with Crippen molar-refractivity contribution in [2.45, 2.75) is 76.6 Å². The Labute approximate surface area is 137 Å². The first-order valence-electron chi connectivity index (χ1n) is 7.97. The molecule has 1 heterocycles. The average molecular weight is 392 g/mol. The number of aliphatic hydroxyl groups is 1. The van der Waals surface area contributed by atoms with Crippen LogP contribution in [0.5, 0.6) is 0 Å². The number of hydrogen-bond donors (Lipinski definition) is 1. The molecule has 1 saturated heterocycles. The van der Waals surface area contributed by atoms with Crippen molar-refractivity contribution in [3.63, 3.8) is 0 Å². The second kappa shape index (κ2) is 4.35. The van der Waals surface area contributed by atoms with Gasteiger partial charge in [0.2, 0.25) is 0 Å². The Kier molecular flexibility index (Phi) is 3.38. The summed E-state index contributed by atoms with van der Waals surface area (Å²) in [5, 5.41) is 10.6. The van der Waals surface area contributed by atoms with Gasteiger partial charge in [-0.3, -0.25) is 0 Å². The summed E-state index contributed by atoms with van der Waals surface area (Å²) in [5.74, 6) is 1.12. The molecule has 2 saturated carbocycles. The summed E-state index contributed by atoms with van der Waals surface area (Å²) in [6, 6.07) is 0. The topological polar surface area (TPSA) is 29.5 Å². The maximum absolute atomic E-state index is 10.6. The molecule has 2 aliphatic carbocycles. The van der Waals surface area contributed by atoms with E-state index in [0.29, 0.717) is 32.7 Å². The Hall–Kier alpha value is 0.650. The van der Waals surface area contributed by atoms with Gasteiger partial charge in [-0.2, -0.15) is 0 Å². The molecule has 0 amide bonds. The van der Waals surface area contributed by atoms with Crippen LogP contribution in [0.3, 0.4) is 0 Å².